The maximum absolute atomic E-state index is 12.0. The van der Waals surface area contributed by atoms with Crippen molar-refractivity contribution in [3.8, 4) is 0 Å². The van der Waals surface area contributed by atoms with Crippen LogP contribution in [0.1, 0.15) is 10.4 Å². The van der Waals surface area contributed by atoms with Crippen molar-refractivity contribution in [2.24, 2.45) is 0 Å². The monoisotopic (exact) mass is 303 g/mol. The summed E-state index contributed by atoms with van der Waals surface area (Å²) in [7, 11) is 1.27. The number of esters is 1. The number of ether oxygens (including phenoxy) is 2. The predicted octanol–water partition coefficient (Wildman–Crippen LogP) is 3.32. The molecule has 2 rings (SSSR count). The number of rotatable bonds is 5. The maximum atomic E-state index is 12.0. The van der Waals surface area contributed by atoms with Crippen LogP contribution in [0.15, 0.2) is 24.4 Å². The van der Waals surface area contributed by atoms with E-state index in [-0.39, 0.29) is 13.2 Å². The van der Waals surface area contributed by atoms with Gasteiger partial charge in [-0.15, -0.1) is 0 Å². The predicted molar refractivity (Wildman–Crippen MR) is 70.2 cm³/mol. The van der Waals surface area contributed by atoms with Crippen LogP contribution < -0.4 is 0 Å². The van der Waals surface area contributed by atoms with Crippen LogP contribution in [0, 0.1) is 0 Å². The minimum atomic E-state index is -2.82. The van der Waals surface area contributed by atoms with Crippen molar-refractivity contribution in [1.82, 2.24) is 4.57 Å². The molecule has 1 aromatic heterocycles. The second-order valence-electron chi connectivity index (χ2n) is 3.99. The van der Waals surface area contributed by atoms with E-state index in [1.807, 2.05) is 0 Å². The molecular weight excluding hydrogens is 292 g/mol. The van der Waals surface area contributed by atoms with Crippen LogP contribution in [0.4, 0.5) is 8.78 Å². The van der Waals surface area contributed by atoms with Crippen molar-refractivity contribution >= 4 is 28.5 Å². The van der Waals surface area contributed by atoms with Crippen LogP contribution in [0.5, 0.6) is 0 Å². The Kier molecular flexibility index (Phi) is 4.57. The highest BCUT2D eigenvalue weighted by Gasteiger charge is 2.17. The standard InChI is InChI=1S/C13H12ClF2NO3/c1-19-12(18)8-7-17(5-6-20-13(15)16)10-4-2-3-9(14)11(8)10/h2-4,7,13H,5-6H2,1H3. The Morgan fingerprint density at radius 2 is 2.20 bits per heavy atom. The summed E-state index contributed by atoms with van der Waals surface area (Å²) < 4.78 is 34.5. The largest absolute Gasteiger partial charge is 0.465 e. The number of methoxy groups -OCH3 is 1. The molecule has 0 spiro atoms. The van der Waals surface area contributed by atoms with E-state index in [2.05, 4.69) is 4.74 Å². The SMILES string of the molecule is COC(=O)c1cn(CCOC(F)F)c2cccc(Cl)c12. The Balaban J connectivity index is 2.40. The molecule has 0 atom stereocenters. The second kappa shape index (κ2) is 6.19. The molecule has 0 amide bonds. The molecule has 2 aromatic rings. The zero-order valence-corrected chi connectivity index (χ0v) is 11.4. The molecule has 0 bridgehead atoms. The Hall–Kier alpha value is -1.66. The quantitative estimate of drug-likeness (QED) is 0.796. The van der Waals surface area contributed by atoms with Crippen LogP contribution in [0.25, 0.3) is 10.9 Å². The molecule has 0 aliphatic heterocycles. The van der Waals surface area contributed by atoms with Gasteiger partial charge in [0.15, 0.2) is 0 Å². The van der Waals surface area contributed by atoms with E-state index < -0.39 is 12.6 Å². The number of halogens is 3. The molecule has 0 saturated carbocycles. The lowest BCUT2D eigenvalue weighted by Crippen LogP contribution is -2.08. The number of hydrogen-bond acceptors (Lipinski definition) is 3. The number of alkyl halides is 2. The number of carbonyl (C=O) groups is 1. The van der Waals surface area contributed by atoms with Crippen molar-refractivity contribution in [2.45, 2.75) is 13.2 Å². The third-order valence-electron chi connectivity index (χ3n) is 2.84. The van der Waals surface area contributed by atoms with Gasteiger partial charge in [0.1, 0.15) is 0 Å². The molecule has 1 heterocycles. The normalized spacial score (nSPS) is 11.2. The summed E-state index contributed by atoms with van der Waals surface area (Å²) in [6, 6.07) is 5.11. The lowest BCUT2D eigenvalue weighted by Gasteiger charge is -2.05. The Bertz CT molecular complexity index is 627. The molecule has 108 valence electrons. The van der Waals surface area contributed by atoms with Crippen molar-refractivity contribution in [2.75, 3.05) is 13.7 Å². The van der Waals surface area contributed by atoms with Crippen molar-refractivity contribution in [3.63, 3.8) is 0 Å². The first-order chi connectivity index (χ1) is 9.54. The van der Waals surface area contributed by atoms with Crippen molar-refractivity contribution in [1.29, 1.82) is 0 Å². The molecule has 0 saturated heterocycles. The van der Waals surface area contributed by atoms with E-state index in [9.17, 15) is 13.6 Å². The molecule has 0 N–H and O–H groups in total. The number of nitrogens with zero attached hydrogens (tertiary/aromatic N) is 1. The van der Waals surface area contributed by atoms with Gasteiger partial charge in [0.2, 0.25) is 0 Å². The number of benzene rings is 1. The molecular formula is C13H12ClF2NO3. The summed E-state index contributed by atoms with van der Waals surface area (Å²) in [4.78, 5) is 11.7. The van der Waals surface area contributed by atoms with Gasteiger partial charge in [0.25, 0.3) is 0 Å². The Labute approximate surface area is 118 Å². The third-order valence-corrected chi connectivity index (χ3v) is 3.15. The summed E-state index contributed by atoms with van der Waals surface area (Å²) in [5.74, 6) is -0.531. The molecule has 1 aromatic carbocycles. The van der Waals surface area contributed by atoms with Gasteiger partial charge in [-0.1, -0.05) is 17.7 Å². The number of aromatic nitrogens is 1. The third kappa shape index (κ3) is 2.91. The molecule has 0 radical (unpaired) electrons. The first-order valence-electron chi connectivity index (χ1n) is 5.80. The first kappa shape index (κ1) is 14.7. The van der Waals surface area contributed by atoms with Gasteiger partial charge in [0, 0.05) is 18.1 Å². The molecule has 20 heavy (non-hydrogen) atoms. The van der Waals surface area contributed by atoms with Crippen LogP contribution in [0.3, 0.4) is 0 Å². The highest BCUT2D eigenvalue weighted by Crippen LogP contribution is 2.29. The van der Waals surface area contributed by atoms with E-state index in [4.69, 9.17) is 16.3 Å². The average Bonchev–Trinajstić information content (AvgIpc) is 2.78. The van der Waals surface area contributed by atoms with E-state index in [0.717, 1.165) is 0 Å². The van der Waals surface area contributed by atoms with Crippen LogP contribution in [-0.2, 0) is 16.0 Å². The zero-order chi connectivity index (χ0) is 14.7. The summed E-state index contributed by atoms with van der Waals surface area (Å²) in [5.41, 5.74) is 0.959. The molecule has 7 heteroatoms. The van der Waals surface area contributed by atoms with Crippen molar-refractivity contribution in [3.05, 3.63) is 35.0 Å². The van der Waals surface area contributed by atoms with Gasteiger partial charge in [-0.3, -0.25) is 0 Å². The average molecular weight is 304 g/mol. The summed E-state index contributed by atoms with van der Waals surface area (Å²) >= 11 is 6.09. The lowest BCUT2D eigenvalue weighted by molar-refractivity contribution is -0.130. The highest BCUT2D eigenvalue weighted by atomic mass is 35.5. The fraction of sp³-hybridized carbons (Fsp3) is 0.308. The van der Waals surface area contributed by atoms with E-state index in [1.165, 1.54) is 13.3 Å². The Morgan fingerprint density at radius 1 is 1.45 bits per heavy atom. The maximum Gasteiger partial charge on any atom is 0.345 e. The van der Waals surface area contributed by atoms with Gasteiger partial charge < -0.3 is 14.0 Å². The summed E-state index contributed by atoms with van der Waals surface area (Å²) in [5, 5.41) is 0.939. The Morgan fingerprint density at radius 3 is 2.85 bits per heavy atom. The molecule has 4 nitrogen and oxygen atoms in total. The number of carbonyl (C=O) groups excluding carboxylic acids is 1. The van der Waals surface area contributed by atoms with Crippen LogP contribution in [-0.4, -0.2) is 30.9 Å². The minimum absolute atomic E-state index is 0.172. The first-order valence-corrected chi connectivity index (χ1v) is 6.17. The summed E-state index contributed by atoms with van der Waals surface area (Å²) in [6.07, 6.45) is 1.53. The fourth-order valence-corrected chi connectivity index (χ4v) is 2.27. The molecule has 0 aliphatic carbocycles. The number of fused-ring (bicyclic) bond motifs is 1. The topological polar surface area (TPSA) is 40.5 Å². The van der Waals surface area contributed by atoms with E-state index in [1.54, 1.807) is 22.8 Å². The van der Waals surface area contributed by atoms with E-state index >= 15 is 0 Å². The smallest absolute Gasteiger partial charge is 0.345 e. The minimum Gasteiger partial charge on any atom is -0.465 e. The highest BCUT2D eigenvalue weighted by molar-refractivity contribution is 6.36. The van der Waals surface area contributed by atoms with Crippen molar-refractivity contribution < 1.29 is 23.0 Å². The van der Waals surface area contributed by atoms with Crippen LogP contribution in [0.2, 0.25) is 5.02 Å². The molecule has 0 unspecified atom stereocenters. The fourth-order valence-electron chi connectivity index (χ4n) is 2.00. The van der Waals surface area contributed by atoms with Gasteiger partial charge >= 0.3 is 12.6 Å². The van der Waals surface area contributed by atoms with E-state index in [0.29, 0.717) is 21.5 Å². The molecule has 0 fully saturated rings. The van der Waals surface area contributed by atoms with Gasteiger partial charge in [-0.25, -0.2) is 4.79 Å². The van der Waals surface area contributed by atoms with Gasteiger partial charge in [-0.2, -0.15) is 8.78 Å². The van der Waals surface area contributed by atoms with Crippen LogP contribution >= 0.6 is 11.6 Å². The second-order valence-corrected chi connectivity index (χ2v) is 4.40. The lowest BCUT2D eigenvalue weighted by atomic mass is 10.2. The summed E-state index contributed by atoms with van der Waals surface area (Å²) in [6.45, 7) is -2.81. The van der Waals surface area contributed by atoms with Gasteiger partial charge in [0.05, 0.1) is 29.8 Å². The van der Waals surface area contributed by atoms with Gasteiger partial charge in [-0.05, 0) is 12.1 Å². The number of hydrogen-bond donors (Lipinski definition) is 0. The zero-order valence-electron chi connectivity index (χ0n) is 10.6. The molecule has 0 aliphatic rings.